The summed E-state index contributed by atoms with van der Waals surface area (Å²) in [4.78, 5) is 12.2. The van der Waals surface area contributed by atoms with Crippen LogP contribution in [0.15, 0.2) is 73.3 Å². The molecule has 1 nitrogen and oxygen atoms in total. The molecule has 0 aromatic heterocycles. The van der Waals surface area contributed by atoms with Crippen LogP contribution in [0.5, 0.6) is 0 Å². The summed E-state index contributed by atoms with van der Waals surface area (Å²) in [6, 6.07) is 19.9. The minimum atomic E-state index is 0.218. The first kappa shape index (κ1) is 14.3. The molecule has 2 aromatic carbocycles. The fourth-order valence-corrected chi connectivity index (χ4v) is 2.42. The maximum atomic E-state index is 12.2. The van der Waals surface area contributed by atoms with Gasteiger partial charge >= 0.3 is 0 Å². The molecule has 20 heavy (non-hydrogen) atoms. The first-order chi connectivity index (χ1) is 9.81. The molecule has 1 atom stereocenters. The third kappa shape index (κ3) is 3.92. The Morgan fingerprint density at radius 2 is 1.60 bits per heavy atom. The molecule has 0 fully saturated rings. The van der Waals surface area contributed by atoms with Crippen LogP contribution in [0.1, 0.15) is 41.1 Å². The second-order valence-electron chi connectivity index (χ2n) is 4.96. The highest BCUT2D eigenvalue weighted by Gasteiger charge is 2.13. The van der Waals surface area contributed by atoms with Gasteiger partial charge in [0, 0.05) is 12.0 Å². The number of carbonyl (C=O) groups excluding carboxylic acids is 1. The van der Waals surface area contributed by atoms with Crippen LogP contribution < -0.4 is 0 Å². The minimum absolute atomic E-state index is 0.218. The van der Waals surface area contributed by atoms with Crippen molar-refractivity contribution in [2.24, 2.45) is 0 Å². The number of hydrogen-bond acceptors (Lipinski definition) is 1. The summed E-state index contributed by atoms with van der Waals surface area (Å²) in [6.45, 7) is 3.83. The number of benzene rings is 2. The highest BCUT2D eigenvalue weighted by atomic mass is 16.1. The molecule has 1 unspecified atom stereocenters. The van der Waals surface area contributed by atoms with E-state index in [0.717, 1.165) is 18.4 Å². The minimum Gasteiger partial charge on any atom is -0.294 e. The first-order valence-corrected chi connectivity index (χ1v) is 7.05. The van der Waals surface area contributed by atoms with E-state index >= 15 is 0 Å². The molecule has 0 heterocycles. The van der Waals surface area contributed by atoms with Crippen molar-refractivity contribution in [3.8, 4) is 0 Å². The van der Waals surface area contributed by atoms with E-state index in [-0.39, 0.29) is 5.78 Å². The maximum absolute atomic E-state index is 12.2. The lowest BCUT2D eigenvalue weighted by Gasteiger charge is -2.15. The third-order valence-corrected chi connectivity index (χ3v) is 3.54. The number of rotatable bonds is 7. The van der Waals surface area contributed by atoms with Gasteiger partial charge in [-0.2, -0.15) is 0 Å². The summed E-state index contributed by atoms with van der Waals surface area (Å²) in [6.07, 6.45) is 4.29. The standard InChI is InChI=1S/C19H20O/c1-2-9-16(17-10-5-3-6-11-17)14-15-19(20)18-12-7-4-8-13-18/h2-8,10-13,16H,1,9,14-15H2. The Morgan fingerprint density at radius 1 is 1.00 bits per heavy atom. The number of allylic oxidation sites excluding steroid dienone is 1. The monoisotopic (exact) mass is 264 g/mol. The zero-order valence-electron chi connectivity index (χ0n) is 11.7. The van der Waals surface area contributed by atoms with Gasteiger partial charge in [0.2, 0.25) is 0 Å². The quantitative estimate of drug-likeness (QED) is 0.507. The van der Waals surface area contributed by atoms with Crippen molar-refractivity contribution in [1.82, 2.24) is 0 Å². The second kappa shape index (κ2) is 7.44. The Morgan fingerprint density at radius 3 is 2.20 bits per heavy atom. The number of ketones is 1. The Bertz CT molecular complexity index is 542. The molecule has 2 rings (SSSR count). The van der Waals surface area contributed by atoms with Gasteiger partial charge in [0.05, 0.1) is 0 Å². The second-order valence-corrected chi connectivity index (χ2v) is 4.96. The van der Waals surface area contributed by atoms with Gasteiger partial charge < -0.3 is 0 Å². The molecule has 0 N–H and O–H groups in total. The summed E-state index contributed by atoms with van der Waals surface area (Å²) in [5.41, 5.74) is 2.09. The van der Waals surface area contributed by atoms with Gasteiger partial charge in [0.1, 0.15) is 0 Å². The van der Waals surface area contributed by atoms with E-state index in [1.165, 1.54) is 5.56 Å². The number of Topliss-reactive ketones (excluding diaryl/α,β-unsaturated/α-hetero) is 1. The summed E-state index contributed by atoms with van der Waals surface area (Å²) in [7, 11) is 0. The normalized spacial score (nSPS) is 11.8. The lowest BCUT2D eigenvalue weighted by Crippen LogP contribution is -2.04. The predicted octanol–water partition coefficient (Wildman–Crippen LogP) is 5.01. The Kier molecular flexibility index (Phi) is 5.31. The third-order valence-electron chi connectivity index (χ3n) is 3.54. The Hall–Kier alpha value is -2.15. The highest BCUT2D eigenvalue weighted by molar-refractivity contribution is 5.95. The summed E-state index contributed by atoms with van der Waals surface area (Å²) < 4.78 is 0. The molecule has 0 aliphatic carbocycles. The van der Waals surface area contributed by atoms with Gasteiger partial charge in [-0.25, -0.2) is 0 Å². The fraction of sp³-hybridized carbons (Fsp3) is 0.211. The van der Waals surface area contributed by atoms with E-state index < -0.39 is 0 Å². The molecule has 0 aliphatic rings. The van der Waals surface area contributed by atoms with Crippen LogP contribution in [0.25, 0.3) is 0 Å². The van der Waals surface area contributed by atoms with Crippen LogP contribution in [-0.2, 0) is 0 Å². The summed E-state index contributed by atoms with van der Waals surface area (Å²) in [5, 5.41) is 0. The molecule has 102 valence electrons. The van der Waals surface area contributed by atoms with E-state index in [4.69, 9.17) is 0 Å². The van der Waals surface area contributed by atoms with Gasteiger partial charge in [-0.05, 0) is 24.3 Å². The molecule has 0 radical (unpaired) electrons. The summed E-state index contributed by atoms with van der Waals surface area (Å²) >= 11 is 0. The van der Waals surface area contributed by atoms with Crippen LogP contribution >= 0.6 is 0 Å². The van der Waals surface area contributed by atoms with Crippen LogP contribution in [0.2, 0.25) is 0 Å². The molecule has 0 spiro atoms. The van der Waals surface area contributed by atoms with E-state index in [2.05, 4.69) is 18.7 Å². The van der Waals surface area contributed by atoms with Crippen LogP contribution in [0.4, 0.5) is 0 Å². The van der Waals surface area contributed by atoms with Crippen molar-refractivity contribution in [2.45, 2.75) is 25.2 Å². The largest absolute Gasteiger partial charge is 0.294 e. The molecule has 2 aromatic rings. The van der Waals surface area contributed by atoms with E-state index in [9.17, 15) is 4.79 Å². The highest BCUT2D eigenvalue weighted by Crippen LogP contribution is 2.25. The lowest BCUT2D eigenvalue weighted by molar-refractivity contribution is 0.0977. The molecule has 0 saturated heterocycles. The Balaban J connectivity index is 1.99. The van der Waals surface area contributed by atoms with Gasteiger partial charge in [-0.1, -0.05) is 66.7 Å². The smallest absolute Gasteiger partial charge is 0.162 e. The molecule has 0 aliphatic heterocycles. The van der Waals surface area contributed by atoms with Crippen LogP contribution in [-0.4, -0.2) is 5.78 Å². The zero-order valence-corrected chi connectivity index (χ0v) is 11.7. The average Bonchev–Trinajstić information content (AvgIpc) is 2.53. The van der Waals surface area contributed by atoms with E-state index in [0.29, 0.717) is 12.3 Å². The number of carbonyl (C=O) groups is 1. The van der Waals surface area contributed by atoms with Crippen molar-refractivity contribution in [1.29, 1.82) is 0 Å². The van der Waals surface area contributed by atoms with Gasteiger partial charge in [0.15, 0.2) is 5.78 Å². The predicted molar refractivity (Wildman–Crippen MR) is 84.0 cm³/mol. The molecule has 0 bridgehead atoms. The number of hydrogen-bond donors (Lipinski definition) is 0. The van der Waals surface area contributed by atoms with Crippen molar-refractivity contribution in [2.75, 3.05) is 0 Å². The van der Waals surface area contributed by atoms with Gasteiger partial charge in [-0.15, -0.1) is 6.58 Å². The topological polar surface area (TPSA) is 17.1 Å². The molecular weight excluding hydrogens is 244 g/mol. The molecular formula is C19H20O. The molecule has 0 saturated carbocycles. The van der Waals surface area contributed by atoms with Gasteiger partial charge in [-0.3, -0.25) is 4.79 Å². The molecule has 0 amide bonds. The average molecular weight is 264 g/mol. The fourth-order valence-electron chi connectivity index (χ4n) is 2.42. The maximum Gasteiger partial charge on any atom is 0.162 e. The van der Waals surface area contributed by atoms with Crippen molar-refractivity contribution >= 4 is 5.78 Å². The first-order valence-electron chi connectivity index (χ1n) is 7.05. The molecule has 1 heteroatoms. The van der Waals surface area contributed by atoms with E-state index in [1.807, 2.05) is 54.6 Å². The lowest BCUT2D eigenvalue weighted by atomic mass is 9.89. The van der Waals surface area contributed by atoms with Crippen molar-refractivity contribution in [3.05, 3.63) is 84.4 Å². The SMILES string of the molecule is C=CCC(CCC(=O)c1ccccc1)c1ccccc1. The van der Waals surface area contributed by atoms with Gasteiger partial charge in [0.25, 0.3) is 0 Å². The summed E-state index contributed by atoms with van der Waals surface area (Å²) in [5.74, 6) is 0.594. The van der Waals surface area contributed by atoms with E-state index in [1.54, 1.807) is 0 Å². The Labute approximate surface area is 121 Å². The van der Waals surface area contributed by atoms with Crippen LogP contribution in [0, 0.1) is 0 Å². The van der Waals surface area contributed by atoms with Crippen molar-refractivity contribution < 1.29 is 4.79 Å². The van der Waals surface area contributed by atoms with Crippen molar-refractivity contribution in [3.63, 3.8) is 0 Å². The van der Waals surface area contributed by atoms with Crippen LogP contribution in [0.3, 0.4) is 0 Å². The zero-order chi connectivity index (χ0) is 14.2.